The maximum absolute atomic E-state index is 13.3. The largest absolute Gasteiger partial charge is 0.504 e. The summed E-state index contributed by atoms with van der Waals surface area (Å²) in [7, 11) is 3.13. The number of benzene rings is 1. The number of phenolic OH excluding ortho intramolecular Hbond substituents is 2. The van der Waals surface area contributed by atoms with Gasteiger partial charge in [-0.3, -0.25) is 4.79 Å². The molecule has 2 N–H and O–H groups in total. The summed E-state index contributed by atoms with van der Waals surface area (Å²) in [4.78, 5) is 13.3. The third kappa shape index (κ3) is 2.10. The van der Waals surface area contributed by atoms with Gasteiger partial charge in [0.1, 0.15) is 23.4 Å². The highest BCUT2D eigenvalue weighted by Crippen LogP contribution is 2.68. The van der Waals surface area contributed by atoms with E-state index in [1.807, 2.05) is 13.8 Å². The maximum atomic E-state index is 13.3. The molecule has 0 aromatic heterocycles. The minimum Gasteiger partial charge on any atom is -0.504 e. The van der Waals surface area contributed by atoms with Gasteiger partial charge in [0.05, 0.1) is 7.11 Å². The third-order valence-electron chi connectivity index (χ3n) is 7.24. The predicted octanol–water partition coefficient (Wildman–Crippen LogP) is 3.92. The van der Waals surface area contributed by atoms with Crippen molar-refractivity contribution in [2.75, 3.05) is 14.2 Å². The second kappa shape index (κ2) is 6.02. The highest BCUT2D eigenvalue weighted by Gasteiger charge is 2.71. The van der Waals surface area contributed by atoms with Crippen LogP contribution in [0.4, 0.5) is 0 Å². The summed E-state index contributed by atoms with van der Waals surface area (Å²) in [6.07, 6.45) is 1.38. The van der Waals surface area contributed by atoms with E-state index in [0.29, 0.717) is 28.9 Å². The van der Waals surface area contributed by atoms with Gasteiger partial charge in [-0.25, -0.2) is 0 Å². The Labute approximate surface area is 165 Å². The van der Waals surface area contributed by atoms with Crippen LogP contribution in [0.1, 0.15) is 75.7 Å². The van der Waals surface area contributed by atoms with E-state index < -0.39 is 17.6 Å². The first kappa shape index (κ1) is 19.4. The van der Waals surface area contributed by atoms with Crippen LogP contribution in [0.25, 0.3) is 0 Å². The number of methoxy groups -OCH3 is 2. The van der Waals surface area contributed by atoms with Crippen molar-refractivity contribution in [2.45, 2.75) is 70.5 Å². The molecule has 0 radical (unpaired) electrons. The standard InChI is InChI=1S/C22H30O6/c1-10(2)11-14(23)15(24)13-12(16(11)26-5)17(27-6)18-19-21(3,4)8-7-9-22(13,19)20(25)28-18/h10,17-19,23-24H,7-9H2,1-6H3. The molecule has 154 valence electrons. The smallest absolute Gasteiger partial charge is 0.317 e. The lowest BCUT2D eigenvalue weighted by atomic mass is 9.49. The van der Waals surface area contributed by atoms with Crippen molar-refractivity contribution in [1.82, 2.24) is 0 Å². The molecule has 2 fully saturated rings. The molecule has 1 saturated heterocycles. The average molecular weight is 390 g/mol. The number of aromatic hydroxyl groups is 2. The predicted molar refractivity (Wildman–Crippen MR) is 103 cm³/mol. The summed E-state index contributed by atoms with van der Waals surface area (Å²) in [6, 6.07) is 0. The highest BCUT2D eigenvalue weighted by atomic mass is 16.6. The lowest BCUT2D eigenvalue weighted by Gasteiger charge is -2.52. The quantitative estimate of drug-likeness (QED) is 0.601. The van der Waals surface area contributed by atoms with Crippen molar-refractivity contribution >= 4 is 5.97 Å². The molecule has 1 saturated carbocycles. The SMILES string of the molecule is COc1c(C(C)C)c(O)c(O)c2c1C(OC)C1OC(=O)C23CCCC(C)(C)C13. The Bertz CT molecular complexity index is 842. The second-order valence-corrected chi connectivity index (χ2v) is 9.40. The van der Waals surface area contributed by atoms with Gasteiger partial charge in [0.25, 0.3) is 0 Å². The van der Waals surface area contributed by atoms with E-state index in [9.17, 15) is 15.0 Å². The van der Waals surface area contributed by atoms with Gasteiger partial charge in [-0.05, 0) is 24.2 Å². The van der Waals surface area contributed by atoms with Gasteiger partial charge in [-0.15, -0.1) is 0 Å². The lowest BCUT2D eigenvalue weighted by molar-refractivity contribution is -0.149. The zero-order chi connectivity index (χ0) is 20.6. The topological polar surface area (TPSA) is 85.2 Å². The van der Waals surface area contributed by atoms with Crippen LogP contribution in [0.2, 0.25) is 0 Å². The van der Waals surface area contributed by atoms with Crippen LogP contribution in [-0.2, 0) is 19.7 Å². The van der Waals surface area contributed by atoms with Crippen molar-refractivity contribution in [3.63, 3.8) is 0 Å². The molecule has 1 aromatic rings. The molecule has 2 bridgehead atoms. The number of hydrogen-bond acceptors (Lipinski definition) is 6. The molecule has 1 aliphatic heterocycles. The fourth-order valence-corrected chi connectivity index (χ4v) is 6.31. The fourth-order valence-electron chi connectivity index (χ4n) is 6.31. The number of phenols is 2. The molecule has 4 unspecified atom stereocenters. The minimum absolute atomic E-state index is 0.0871. The average Bonchev–Trinajstić information content (AvgIpc) is 2.87. The fraction of sp³-hybridized carbons (Fsp3) is 0.682. The number of fused-ring (bicyclic) bond motifs is 1. The number of carbonyl (C=O) groups is 1. The van der Waals surface area contributed by atoms with Gasteiger partial charge in [-0.2, -0.15) is 0 Å². The zero-order valence-corrected chi connectivity index (χ0v) is 17.5. The van der Waals surface area contributed by atoms with Crippen LogP contribution in [0.15, 0.2) is 0 Å². The molecule has 2 aliphatic carbocycles. The summed E-state index contributed by atoms with van der Waals surface area (Å²) in [5.41, 5.74) is 0.456. The van der Waals surface area contributed by atoms with Gasteiger partial charge >= 0.3 is 5.97 Å². The first-order valence-electron chi connectivity index (χ1n) is 10.0. The first-order valence-corrected chi connectivity index (χ1v) is 10.0. The zero-order valence-electron chi connectivity index (χ0n) is 17.5. The molecule has 4 rings (SSSR count). The normalized spacial score (nSPS) is 32.7. The van der Waals surface area contributed by atoms with Crippen molar-refractivity contribution in [3.05, 3.63) is 16.7 Å². The van der Waals surface area contributed by atoms with Crippen LogP contribution in [0.5, 0.6) is 17.2 Å². The Balaban J connectivity index is 2.15. The summed E-state index contributed by atoms with van der Waals surface area (Å²) in [5.74, 6) is -0.520. The van der Waals surface area contributed by atoms with E-state index in [0.717, 1.165) is 12.8 Å². The van der Waals surface area contributed by atoms with Crippen molar-refractivity contribution in [3.8, 4) is 17.2 Å². The van der Waals surface area contributed by atoms with E-state index in [1.165, 1.54) is 0 Å². The van der Waals surface area contributed by atoms with Gasteiger partial charge in [0, 0.05) is 29.7 Å². The van der Waals surface area contributed by atoms with Crippen LogP contribution >= 0.6 is 0 Å². The Morgan fingerprint density at radius 1 is 1.14 bits per heavy atom. The summed E-state index contributed by atoms with van der Waals surface area (Å²) in [5, 5.41) is 22.1. The Kier molecular flexibility index (Phi) is 4.17. The highest BCUT2D eigenvalue weighted by molar-refractivity contribution is 5.91. The molecule has 0 amide bonds. The maximum Gasteiger partial charge on any atom is 0.317 e. The molecule has 1 aromatic carbocycles. The van der Waals surface area contributed by atoms with E-state index in [-0.39, 0.29) is 34.7 Å². The number of ether oxygens (including phenoxy) is 3. The number of esters is 1. The van der Waals surface area contributed by atoms with Crippen LogP contribution in [0, 0.1) is 11.3 Å². The number of hydrogen-bond donors (Lipinski definition) is 2. The molecular weight excluding hydrogens is 360 g/mol. The Hall–Kier alpha value is -1.95. The number of rotatable bonds is 3. The van der Waals surface area contributed by atoms with Gasteiger partial charge in [0.2, 0.25) is 0 Å². The van der Waals surface area contributed by atoms with Crippen molar-refractivity contribution < 1.29 is 29.2 Å². The molecule has 1 heterocycles. The Morgan fingerprint density at radius 2 is 1.82 bits per heavy atom. The Morgan fingerprint density at radius 3 is 2.39 bits per heavy atom. The van der Waals surface area contributed by atoms with Gasteiger partial charge in [-0.1, -0.05) is 34.1 Å². The second-order valence-electron chi connectivity index (χ2n) is 9.40. The molecular formula is C22H30O6. The number of carbonyl (C=O) groups excluding carboxylic acids is 1. The molecule has 6 heteroatoms. The van der Waals surface area contributed by atoms with E-state index in [2.05, 4.69) is 13.8 Å². The summed E-state index contributed by atoms with van der Waals surface area (Å²) in [6.45, 7) is 8.15. The van der Waals surface area contributed by atoms with Crippen LogP contribution < -0.4 is 4.74 Å². The van der Waals surface area contributed by atoms with Crippen LogP contribution in [0.3, 0.4) is 0 Å². The molecule has 3 aliphatic rings. The van der Waals surface area contributed by atoms with Gasteiger partial charge < -0.3 is 24.4 Å². The minimum atomic E-state index is -0.985. The summed E-state index contributed by atoms with van der Waals surface area (Å²) < 4.78 is 17.5. The molecule has 28 heavy (non-hydrogen) atoms. The van der Waals surface area contributed by atoms with Crippen molar-refractivity contribution in [2.24, 2.45) is 11.3 Å². The first-order chi connectivity index (χ1) is 13.1. The molecule has 6 nitrogen and oxygen atoms in total. The van der Waals surface area contributed by atoms with E-state index in [4.69, 9.17) is 14.2 Å². The lowest BCUT2D eigenvalue weighted by Crippen LogP contribution is -2.54. The van der Waals surface area contributed by atoms with Gasteiger partial charge in [0.15, 0.2) is 11.5 Å². The molecule has 0 spiro atoms. The third-order valence-corrected chi connectivity index (χ3v) is 7.24. The summed E-state index contributed by atoms with van der Waals surface area (Å²) >= 11 is 0. The van der Waals surface area contributed by atoms with Crippen LogP contribution in [-0.4, -0.2) is 36.5 Å². The monoisotopic (exact) mass is 390 g/mol. The van der Waals surface area contributed by atoms with E-state index >= 15 is 0 Å². The van der Waals surface area contributed by atoms with Crippen molar-refractivity contribution in [1.29, 1.82) is 0 Å². The molecule has 4 atom stereocenters. The van der Waals surface area contributed by atoms with E-state index in [1.54, 1.807) is 14.2 Å².